The Hall–Kier alpha value is -3.60. The van der Waals surface area contributed by atoms with Gasteiger partial charge in [0.05, 0.1) is 10.3 Å². The van der Waals surface area contributed by atoms with Crippen molar-refractivity contribution < 1.29 is 19.2 Å². The normalized spacial score (nSPS) is 12.6. The van der Waals surface area contributed by atoms with E-state index in [1.54, 1.807) is 11.5 Å². The summed E-state index contributed by atoms with van der Waals surface area (Å²) in [4.78, 5) is 52.8. The number of fused-ring (bicyclic) bond motifs is 2. The first-order chi connectivity index (χ1) is 14.4. The fourth-order valence-corrected chi connectivity index (χ4v) is 4.48. The highest BCUT2D eigenvalue weighted by atomic mass is 32.1. The molecule has 0 bridgehead atoms. The van der Waals surface area contributed by atoms with Gasteiger partial charge in [-0.1, -0.05) is 12.1 Å². The van der Waals surface area contributed by atoms with E-state index >= 15 is 0 Å². The summed E-state index contributed by atoms with van der Waals surface area (Å²) in [5.74, 6) is -0.760. The third-order valence-electron chi connectivity index (χ3n) is 4.81. The second-order valence-electron chi connectivity index (χ2n) is 6.72. The number of nitrogens with zero attached hydrogens (tertiary/aromatic N) is 3. The van der Waals surface area contributed by atoms with Crippen LogP contribution in [0.15, 0.2) is 29.1 Å². The van der Waals surface area contributed by atoms with Gasteiger partial charge in [0.1, 0.15) is 21.2 Å². The van der Waals surface area contributed by atoms with Gasteiger partial charge < -0.3 is 10.1 Å². The fraction of sp³-hybridized carbons (Fsp3) is 0.263. The fourth-order valence-electron chi connectivity index (χ4n) is 3.39. The molecule has 1 aliphatic rings. The monoisotopic (exact) mass is 428 g/mol. The van der Waals surface area contributed by atoms with Crippen LogP contribution in [0.2, 0.25) is 0 Å². The number of aryl methyl sites for hydroxylation is 2. The van der Waals surface area contributed by atoms with E-state index in [2.05, 4.69) is 10.3 Å². The molecule has 0 radical (unpaired) electrons. The van der Waals surface area contributed by atoms with Gasteiger partial charge in [0.25, 0.3) is 17.2 Å². The summed E-state index contributed by atoms with van der Waals surface area (Å²) in [6.45, 7) is 1.63. The smallest absolute Gasteiger partial charge is 0.349 e. The van der Waals surface area contributed by atoms with Gasteiger partial charge in [0, 0.05) is 19.0 Å². The molecule has 30 heavy (non-hydrogen) atoms. The number of carbonyl (C=O) groups is 2. The summed E-state index contributed by atoms with van der Waals surface area (Å²) in [5.41, 5.74) is 0.0405. The molecule has 0 saturated carbocycles. The molecule has 0 fully saturated rings. The molecule has 0 unspecified atom stereocenters. The van der Waals surface area contributed by atoms with Gasteiger partial charge in [-0.2, -0.15) is 0 Å². The van der Waals surface area contributed by atoms with Crippen molar-refractivity contribution in [3.63, 3.8) is 0 Å². The van der Waals surface area contributed by atoms with E-state index in [0.29, 0.717) is 34.6 Å². The zero-order chi connectivity index (χ0) is 21.4. The van der Waals surface area contributed by atoms with Crippen molar-refractivity contribution in [1.29, 1.82) is 0 Å². The Morgan fingerprint density at radius 3 is 2.90 bits per heavy atom. The molecule has 3 heterocycles. The molecule has 2 aromatic heterocycles. The highest BCUT2D eigenvalue weighted by Gasteiger charge is 2.24. The van der Waals surface area contributed by atoms with Gasteiger partial charge in [-0.3, -0.25) is 24.3 Å². The maximum atomic E-state index is 12.7. The number of aromatic nitrogens is 2. The zero-order valence-electron chi connectivity index (χ0n) is 15.8. The van der Waals surface area contributed by atoms with E-state index < -0.39 is 23.4 Å². The summed E-state index contributed by atoms with van der Waals surface area (Å²) in [6.07, 6.45) is 1.58. The summed E-state index contributed by atoms with van der Waals surface area (Å²) in [7, 11) is 0. The van der Waals surface area contributed by atoms with Crippen LogP contribution in [0.25, 0.3) is 10.2 Å². The minimum atomic E-state index is -0.752. The molecule has 1 aromatic carbocycles. The Morgan fingerprint density at radius 2 is 2.13 bits per heavy atom. The average molecular weight is 428 g/mol. The predicted molar refractivity (Wildman–Crippen MR) is 109 cm³/mol. The SMILES string of the molecule is Cc1c(C(=O)OCC(=O)Nc2ccccc2[N+](=O)[O-])sc2nc3n(c(=O)c12)CCC3. The van der Waals surface area contributed by atoms with Crippen LogP contribution >= 0.6 is 11.3 Å². The number of nitrogens with one attached hydrogen (secondary N) is 1. The first-order valence-corrected chi connectivity index (χ1v) is 9.91. The van der Waals surface area contributed by atoms with E-state index in [0.717, 1.165) is 17.8 Å². The number of nitro benzene ring substituents is 1. The molecule has 3 aromatic rings. The van der Waals surface area contributed by atoms with E-state index in [-0.39, 0.29) is 21.8 Å². The van der Waals surface area contributed by atoms with E-state index in [1.807, 2.05) is 0 Å². The van der Waals surface area contributed by atoms with Crippen molar-refractivity contribution in [3.8, 4) is 0 Å². The maximum absolute atomic E-state index is 12.7. The summed E-state index contributed by atoms with van der Waals surface area (Å²) < 4.78 is 6.69. The molecule has 154 valence electrons. The van der Waals surface area contributed by atoms with Gasteiger partial charge in [0.15, 0.2) is 6.61 Å². The highest BCUT2D eigenvalue weighted by Crippen LogP contribution is 2.29. The van der Waals surface area contributed by atoms with Gasteiger partial charge in [-0.15, -0.1) is 11.3 Å². The molecule has 4 rings (SSSR count). The van der Waals surface area contributed by atoms with Crippen molar-refractivity contribution in [1.82, 2.24) is 9.55 Å². The number of ether oxygens (including phenoxy) is 1. The van der Waals surface area contributed by atoms with Crippen molar-refractivity contribution in [2.75, 3.05) is 11.9 Å². The molecule has 1 aliphatic heterocycles. The van der Waals surface area contributed by atoms with E-state index in [4.69, 9.17) is 4.74 Å². The average Bonchev–Trinajstić information content (AvgIpc) is 3.31. The van der Waals surface area contributed by atoms with E-state index in [9.17, 15) is 24.5 Å². The minimum Gasteiger partial charge on any atom is -0.451 e. The number of anilines is 1. The Kier molecular flexibility index (Phi) is 5.04. The van der Waals surface area contributed by atoms with Crippen molar-refractivity contribution in [2.24, 2.45) is 0 Å². The van der Waals surface area contributed by atoms with Crippen LogP contribution in [0.3, 0.4) is 0 Å². The van der Waals surface area contributed by atoms with Crippen LogP contribution in [0, 0.1) is 17.0 Å². The topological polar surface area (TPSA) is 133 Å². The lowest BCUT2D eigenvalue weighted by atomic mass is 10.2. The van der Waals surface area contributed by atoms with Crippen LogP contribution in [-0.2, 0) is 22.5 Å². The largest absolute Gasteiger partial charge is 0.451 e. The lowest BCUT2D eigenvalue weighted by Crippen LogP contribution is -2.22. The number of nitro groups is 1. The number of carbonyl (C=O) groups excluding carboxylic acids is 2. The third kappa shape index (κ3) is 3.43. The molecular weight excluding hydrogens is 412 g/mol. The number of benzene rings is 1. The quantitative estimate of drug-likeness (QED) is 0.375. The number of para-hydroxylation sites is 2. The van der Waals surface area contributed by atoms with Gasteiger partial charge in [-0.05, 0) is 25.0 Å². The lowest BCUT2D eigenvalue weighted by Gasteiger charge is -2.06. The Labute approximate surface area is 173 Å². The standard InChI is InChI=1S/C19H16N4O6S/c1-10-15-17(21-13-7-4-8-22(13)18(15)25)30-16(10)19(26)29-9-14(24)20-11-5-2-3-6-12(11)23(27)28/h2-3,5-6H,4,7-9H2,1H3,(H,20,24). The molecule has 1 N–H and O–H groups in total. The molecule has 0 spiro atoms. The number of thiophene rings is 1. The summed E-state index contributed by atoms with van der Waals surface area (Å²) in [6, 6.07) is 5.65. The molecule has 10 nitrogen and oxygen atoms in total. The second-order valence-corrected chi connectivity index (χ2v) is 7.72. The van der Waals surface area contributed by atoms with Crippen LogP contribution in [0.1, 0.15) is 27.5 Å². The van der Waals surface area contributed by atoms with Crippen LogP contribution in [0.4, 0.5) is 11.4 Å². The summed E-state index contributed by atoms with van der Waals surface area (Å²) in [5, 5.41) is 13.8. The highest BCUT2D eigenvalue weighted by molar-refractivity contribution is 7.20. The Morgan fingerprint density at radius 1 is 1.37 bits per heavy atom. The lowest BCUT2D eigenvalue weighted by molar-refractivity contribution is -0.383. The van der Waals surface area contributed by atoms with Gasteiger partial charge in [-0.25, -0.2) is 9.78 Å². The maximum Gasteiger partial charge on any atom is 0.349 e. The predicted octanol–water partition coefficient (Wildman–Crippen LogP) is 2.42. The number of hydrogen-bond donors (Lipinski definition) is 1. The number of hydrogen-bond acceptors (Lipinski definition) is 8. The number of rotatable bonds is 5. The first-order valence-electron chi connectivity index (χ1n) is 9.10. The molecule has 0 atom stereocenters. The molecule has 0 saturated heterocycles. The van der Waals surface area contributed by atoms with E-state index in [1.165, 1.54) is 24.3 Å². The Balaban J connectivity index is 1.50. The number of amides is 1. The van der Waals surface area contributed by atoms with Crippen LogP contribution < -0.4 is 10.9 Å². The van der Waals surface area contributed by atoms with Crippen LogP contribution in [-0.4, -0.2) is 33.0 Å². The first kappa shape index (κ1) is 19.7. The van der Waals surface area contributed by atoms with Crippen molar-refractivity contribution in [3.05, 3.63) is 61.0 Å². The molecular formula is C19H16N4O6S. The van der Waals surface area contributed by atoms with Crippen LogP contribution in [0.5, 0.6) is 0 Å². The molecule has 0 aliphatic carbocycles. The second kappa shape index (κ2) is 7.67. The minimum absolute atomic E-state index is 0.00771. The van der Waals surface area contributed by atoms with Gasteiger partial charge >= 0.3 is 5.97 Å². The van der Waals surface area contributed by atoms with Crippen molar-refractivity contribution in [2.45, 2.75) is 26.3 Å². The third-order valence-corrected chi connectivity index (χ3v) is 5.97. The number of esters is 1. The van der Waals surface area contributed by atoms with Gasteiger partial charge in [0.2, 0.25) is 0 Å². The summed E-state index contributed by atoms with van der Waals surface area (Å²) >= 11 is 1.05. The zero-order valence-corrected chi connectivity index (χ0v) is 16.7. The molecule has 1 amide bonds. The molecule has 11 heteroatoms. The Bertz CT molecular complexity index is 1260. The van der Waals surface area contributed by atoms with Crippen molar-refractivity contribution >= 4 is 44.8 Å².